The number of urea groups is 1. The Morgan fingerprint density at radius 3 is 2.88 bits per heavy atom. The number of carboxylic acid groups (broad SMARTS) is 1. The van der Waals surface area contributed by atoms with Gasteiger partial charge in [0.25, 0.3) is 5.69 Å². The number of piperidine rings is 1. The van der Waals surface area contributed by atoms with Gasteiger partial charge in [-0.25, -0.2) is 4.79 Å². The van der Waals surface area contributed by atoms with E-state index in [0.717, 1.165) is 0 Å². The smallest absolute Gasteiger partial charge is 0.317 e. The number of hydrogen-bond donors (Lipinski definition) is 2. The quantitative estimate of drug-likeness (QED) is 0.634. The zero-order valence-corrected chi connectivity index (χ0v) is 13.5. The number of nitrogens with zero attached hydrogens (tertiary/aromatic N) is 2. The standard InChI is InChI=1S/C16H21N3O5/c1-2-14(11-5-3-7-13(9-11)19(23)24)17-16(22)18-8-4-6-12(10-18)15(20)21/h3,5,7,9,12,14H,2,4,6,8,10H2,1H3,(H,17,22)(H,20,21). The van der Waals surface area contributed by atoms with Gasteiger partial charge in [-0.15, -0.1) is 0 Å². The van der Waals surface area contributed by atoms with E-state index >= 15 is 0 Å². The Labute approximate surface area is 139 Å². The highest BCUT2D eigenvalue weighted by molar-refractivity contribution is 5.77. The SMILES string of the molecule is CCC(NC(=O)N1CCCC(C(=O)O)C1)c1cccc([N+](=O)[O-])c1. The molecule has 1 aromatic carbocycles. The predicted molar refractivity (Wildman–Crippen MR) is 86.6 cm³/mol. The number of hydrogen-bond acceptors (Lipinski definition) is 4. The molecule has 2 atom stereocenters. The number of rotatable bonds is 5. The second-order valence-electron chi connectivity index (χ2n) is 5.89. The summed E-state index contributed by atoms with van der Waals surface area (Å²) in [5, 5.41) is 22.8. The van der Waals surface area contributed by atoms with E-state index in [0.29, 0.717) is 31.4 Å². The molecule has 2 amide bonds. The lowest BCUT2D eigenvalue weighted by Crippen LogP contribution is -2.47. The third-order valence-corrected chi connectivity index (χ3v) is 4.25. The van der Waals surface area contributed by atoms with Crippen molar-refractivity contribution in [2.75, 3.05) is 13.1 Å². The van der Waals surface area contributed by atoms with Gasteiger partial charge in [0.15, 0.2) is 0 Å². The summed E-state index contributed by atoms with van der Waals surface area (Å²) in [7, 11) is 0. The number of nitro benzene ring substituents is 1. The molecule has 0 aliphatic carbocycles. The largest absolute Gasteiger partial charge is 0.481 e. The lowest BCUT2D eigenvalue weighted by molar-refractivity contribution is -0.384. The third-order valence-electron chi connectivity index (χ3n) is 4.25. The fourth-order valence-corrected chi connectivity index (χ4v) is 2.88. The Bertz CT molecular complexity index is 634. The van der Waals surface area contributed by atoms with Crippen molar-refractivity contribution in [3.8, 4) is 0 Å². The van der Waals surface area contributed by atoms with Gasteiger partial charge in [-0.3, -0.25) is 14.9 Å². The van der Waals surface area contributed by atoms with Crippen molar-refractivity contribution in [1.82, 2.24) is 10.2 Å². The Kier molecular flexibility index (Phi) is 5.73. The molecular weight excluding hydrogens is 314 g/mol. The van der Waals surface area contributed by atoms with E-state index in [2.05, 4.69) is 5.32 Å². The number of amides is 2. The molecule has 1 aliphatic heterocycles. The van der Waals surface area contributed by atoms with Crippen LogP contribution in [0.25, 0.3) is 0 Å². The van der Waals surface area contributed by atoms with Crippen molar-refractivity contribution in [3.05, 3.63) is 39.9 Å². The second-order valence-corrected chi connectivity index (χ2v) is 5.89. The Balaban J connectivity index is 2.06. The maximum atomic E-state index is 12.4. The molecule has 2 N–H and O–H groups in total. The van der Waals surface area contributed by atoms with E-state index in [1.807, 2.05) is 6.92 Å². The minimum absolute atomic E-state index is 0.0240. The minimum atomic E-state index is -0.891. The lowest BCUT2D eigenvalue weighted by Gasteiger charge is -2.32. The van der Waals surface area contributed by atoms with Gasteiger partial charge < -0.3 is 15.3 Å². The average Bonchev–Trinajstić information content (AvgIpc) is 2.59. The fraction of sp³-hybridized carbons (Fsp3) is 0.500. The molecule has 8 nitrogen and oxygen atoms in total. The first-order valence-electron chi connectivity index (χ1n) is 7.95. The van der Waals surface area contributed by atoms with Crippen LogP contribution in [0.15, 0.2) is 24.3 Å². The highest BCUT2D eigenvalue weighted by Gasteiger charge is 2.29. The first-order valence-corrected chi connectivity index (χ1v) is 7.95. The number of carbonyl (C=O) groups excluding carboxylic acids is 1. The summed E-state index contributed by atoms with van der Waals surface area (Å²) < 4.78 is 0. The van der Waals surface area contributed by atoms with Crippen LogP contribution >= 0.6 is 0 Å². The van der Waals surface area contributed by atoms with Crippen LogP contribution in [-0.2, 0) is 4.79 Å². The van der Waals surface area contributed by atoms with Crippen LogP contribution in [0.2, 0.25) is 0 Å². The summed E-state index contributed by atoms with van der Waals surface area (Å²) in [5.41, 5.74) is 0.635. The molecule has 0 bridgehead atoms. The highest BCUT2D eigenvalue weighted by atomic mass is 16.6. The zero-order valence-electron chi connectivity index (χ0n) is 13.5. The molecule has 2 rings (SSSR count). The molecule has 1 aromatic rings. The molecule has 1 saturated heterocycles. The minimum Gasteiger partial charge on any atom is -0.481 e. The van der Waals surface area contributed by atoms with Crippen LogP contribution in [0.3, 0.4) is 0 Å². The van der Waals surface area contributed by atoms with Gasteiger partial charge in [0, 0.05) is 25.2 Å². The van der Waals surface area contributed by atoms with Gasteiger partial charge in [0.1, 0.15) is 0 Å². The van der Waals surface area contributed by atoms with Crippen molar-refractivity contribution in [3.63, 3.8) is 0 Å². The van der Waals surface area contributed by atoms with Crippen LogP contribution in [0.1, 0.15) is 37.8 Å². The van der Waals surface area contributed by atoms with Crippen molar-refractivity contribution < 1.29 is 19.6 Å². The lowest BCUT2D eigenvalue weighted by atomic mass is 9.98. The molecule has 1 fully saturated rings. The van der Waals surface area contributed by atoms with Gasteiger partial charge in [-0.1, -0.05) is 19.1 Å². The Morgan fingerprint density at radius 1 is 1.50 bits per heavy atom. The van der Waals surface area contributed by atoms with Crippen molar-refractivity contribution in [2.24, 2.45) is 5.92 Å². The first kappa shape index (κ1) is 17.7. The van der Waals surface area contributed by atoms with E-state index in [1.165, 1.54) is 17.0 Å². The predicted octanol–water partition coefficient (Wildman–Crippen LogP) is 2.55. The summed E-state index contributed by atoms with van der Waals surface area (Å²) in [6.45, 7) is 2.58. The molecule has 0 radical (unpaired) electrons. The third kappa shape index (κ3) is 4.21. The summed E-state index contributed by atoms with van der Waals surface area (Å²) >= 11 is 0. The molecule has 2 unspecified atom stereocenters. The number of likely N-dealkylation sites (tertiary alicyclic amines) is 1. The number of carboxylic acids is 1. The monoisotopic (exact) mass is 335 g/mol. The van der Waals surface area contributed by atoms with Gasteiger partial charge >= 0.3 is 12.0 Å². The van der Waals surface area contributed by atoms with Gasteiger partial charge in [0.2, 0.25) is 0 Å². The van der Waals surface area contributed by atoms with Crippen LogP contribution in [0, 0.1) is 16.0 Å². The van der Waals surface area contributed by atoms with Crippen molar-refractivity contribution in [2.45, 2.75) is 32.2 Å². The maximum Gasteiger partial charge on any atom is 0.317 e. The molecule has 1 heterocycles. The molecular formula is C16H21N3O5. The number of nitro groups is 1. The number of benzene rings is 1. The topological polar surface area (TPSA) is 113 Å². The Morgan fingerprint density at radius 2 is 2.25 bits per heavy atom. The van der Waals surface area contributed by atoms with Gasteiger partial charge in [-0.05, 0) is 24.8 Å². The molecule has 1 aliphatic rings. The van der Waals surface area contributed by atoms with Crippen molar-refractivity contribution >= 4 is 17.7 Å². The number of aliphatic carboxylic acids is 1. The summed E-state index contributed by atoms with van der Waals surface area (Å²) in [6.07, 6.45) is 1.79. The molecule has 0 aromatic heterocycles. The van der Waals surface area contributed by atoms with Crippen LogP contribution in [0.4, 0.5) is 10.5 Å². The zero-order chi connectivity index (χ0) is 17.7. The van der Waals surface area contributed by atoms with Gasteiger partial charge in [-0.2, -0.15) is 0 Å². The molecule has 8 heteroatoms. The number of non-ortho nitro benzene ring substituents is 1. The van der Waals surface area contributed by atoms with E-state index in [4.69, 9.17) is 5.11 Å². The van der Waals surface area contributed by atoms with Crippen LogP contribution < -0.4 is 5.32 Å². The summed E-state index contributed by atoms with van der Waals surface area (Å²) in [4.78, 5) is 35.4. The average molecular weight is 335 g/mol. The Hall–Kier alpha value is -2.64. The van der Waals surface area contributed by atoms with Crippen LogP contribution in [0.5, 0.6) is 0 Å². The number of carbonyl (C=O) groups is 2. The van der Waals surface area contributed by atoms with E-state index in [-0.39, 0.29) is 24.3 Å². The normalized spacial score (nSPS) is 18.7. The van der Waals surface area contributed by atoms with Gasteiger partial charge in [0.05, 0.1) is 16.9 Å². The summed E-state index contributed by atoms with van der Waals surface area (Å²) in [6, 6.07) is 5.48. The van der Waals surface area contributed by atoms with Crippen molar-refractivity contribution in [1.29, 1.82) is 0 Å². The summed E-state index contributed by atoms with van der Waals surface area (Å²) in [5.74, 6) is -1.43. The second kappa shape index (κ2) is 7.76. The highest BCUT2D eigenvalue weighted by Crippen LogP contribution is 2.23. The molecule has 0 spiro atoms. The molecule has 0 saturated carbocycles. The van der Waals surface area contributed by atoms with Crippen LogP contribution in [-0.4, -0.2) is 40.0 Å². The van der Waals surface area contributed by atoms with E-state index in [1.54, 1.807) is 12.1 Å². The first-order chi connectivity index (χ1) is 11.4. The molecule has 24 heavy (non-hydrogen) atoms. The van der Waals surface area contributed by atoms with E-state index < -0.39 is 16.8 Å². The maximum absolute atomic E-state index is 12.4. The van der Waals surface area contributed by atoms with E-state index in [9.17, 15) is 19.7 Å². The number of nitrogens with one attached hydrogen (secondary N) is 1. The fourth-order valence-electron chi connectivity index (χ4n) is 2.88. The molecule has 130 valence electrons.